The molecule has 0 unspecified atom stereocenters. The highest BCUT2D eigenvalue weighted by molar-refractivity contribution is 6.26. The highest BCUT2D eigenvalue weighted by Gasteiger charge is 2.55. The Labute approximate surface area is 292 Å². The van der Waals surface area contributed by atoms with Gasteiger partial charge in [-0.05, 0) is 52.1 Å². The van der Waals surface area contributed by atoms with E-state index >= 15 is 0 Å². The molecule has 5 nitrogen and oxygen atoms in total. The second-order valence-corrected chi connectivity index (χ2v) is 13.5. The Morgan fingerprint density at radius 1 is 0.549 bits per heavy atom. The van der Waals surface area contributed by atoms with Gasteiger partial charge in [0.1, 0.15) is 5.58 Å². The molecular weight excluding hydrogens is 625 g/mol. The van der Waals surface area contributed by atoms with E-state index in [1.165, 1.54) is 22.3 Å². The van der Waals surface area contributed by atoms with Crippen LogP contribution in [0.3, 0.4) is 0 Å². The first kappa shape index (κ1) is 27.0. The molecule has 0 N–H and O–H groups in total. The largest absolute Gasteiger partial charge is 0.464 e. The van der Waals surface area contributed by atoms with Crippen LogP contribution in [0.2, 0.25) is 0 Å². The molecule has 5 heteroatoms. The van der Waals surface area contributed by atoms with Gasteiger partial charge in [-0.1, -0.05) is 121 Å². The maximum atomic E-state index is 6.52. The Hall–Kier alpha value is -6.85. The van der Waals surface area contributed by atoms with Crippen LogP contribution in [-0.4, -0.2) is 19.5 Å². The van der Waals surface area contributed by atoms with Crippen molar-refractivity contribution in [3.05, 3.63) is 180 Å². The summed E-state index contributed by atoms with van der Waals surface area (Å²) in [6.07, 6.45) is 3.72. The highest BCUT2D eigenvalue weighted by atomic mass is 16.3. The topological polar surface area (TPSA) is 56.7 Å². The van der Waals surface area contributed by atoms with Crippen LogP contribution >= 0.6 is 0 Å². The monoisotopic (exact) mass is 650 g/mol. The van der Waals surface area contributed by atoms with Gasteiger partial charge in [0.2, 0.25) is 5.95 Å². The number of para-hydroxylation sites is 2. The van der Waals surface area contributed by atoms with Gasteiger partial charge in [0.15, 0.2) is 0 Å². The van der Waals surface area contributed by atoms with Crippen LogP contribution in [0.15, 0.2) is 162 Å². The Balaban J connectivity index is 1.35. The van der Waals surface area contributed by atoms with Gasteiger partial charge in [-0.25, -0.2) is 9.97 Å². The second-order valence-electron chi connectivity index (χ2n) is 13.5. The van der Waals surface area contributed by atoms with Gasteiger partial charge >= 0.3 is 0 Å². The third kappa shape index (κ3) is 3.24. The zero-order valence-corrected chi connectivity index (χ0v) is 27.2. The maximum absolute atomic E-state index is 6.52. The molecule has 10 aromatic rings. The third-order valence-electron chi connectivity index (χ3n) is 11.1. The van der Waals surface area contributed by atoms with Crippen molar-refractivity contribution in [3.63, 3.8) is 0 Å². The molecule has 0 fully saturated rings. The predicted molar refractivity (Wildman–Crippen MR) is 203 cm³/mol. The summed E-state index contributed by atoms with van der Waals surface area (Å²) in [4.78, 5) is 16.0. The number of hydrogen-bond acceptors (Lipinski definition) is 4. The van der Waals surface area contributed by atoms with Crippen LogP contribution in [0.25, 0.3) is 83.3 Å². The summed E-state index contributed by atoms with van der Waals surface area (Å²) in [5.41, 5.74) is 14.4. The lowest BCUT2D eigenvalue weighted by Gasteiger charge is -2.31. The standard InChI is InChI=1S/C46H26N4O/c1-2-13-27(14-3-1)41-30-17-6-10-22-36(30)48-45(49-41)50-37-23-11-7-18-31(37)38-32-24-26-51-44(32)39-40(43(38)50)46(35-21-12-25-47-42(35)39)33-19-8-4-15-28(33)29-16-5-9-20-34(29)46/h1-26H. The van der Waals surface area contributed by atoms with Gasteiger partial charge in [-0.2, -0.15) is 0 Å². The number of fused-ring (bicyclic) bond motifs is 18. The van der Waals surface area contributed by atoms with E-state index in [0.29, 0.717) is 5.95 Å². The zero-order valence-electron chi connectivity index (χ0n) is 27.2. The molecule has 12 rings (SSSR count). The van der Waals surface area contributed by atoms with Crippen molar-refractivity contribution in [2.75, 3.05) is 0 Å². The molecule has 0 radical (unpaired) electrons. The minimum absolute atomic E-state index is 0.627. The smallest absolute Gasteiger partial charge is 0.235 e. The maximum Gasteiger partial charge on any atom is 0.235 e. The van der Waals surface area contributed by atoms with E-state index in [1.807, 2.05) is 18.5 Å². The first-order valence-corrected chi connectivity index (χ1v) is 17.3. The number of benzene rings is 6. The number of hydrogen-bond donors (Lipinski definition) is 0. The van der Waals surface area contributed by atoms with E-state index in [0.717, 1.165) is 77.3 Å². The molecule has 4 heterocycles. The Bertz CT molecular complexity index is 3050. The van der Waals surface area contributed by atoms with Gasteiger partial charge in [0.25, 0.3) is 0 Å². The lowest BCUT2D eigenvalue weighted by atomic mass is 9.70. The van der Waals surface area contributed by atoms with Crippen molar-refractivity contribution < 1.29 is 4.42 Å². The van der Waals surface area contributed by atoms with Crippen LogP contribution in [0.1, 0.15) is 22.3 Å². The molecule has 0 bridgehead atoms. The van der Waals surface area contributed by atoms with Crippen LogP contribution in [0, 0.1) is 0 Å². The first-order chi connectivity index (χ1) is 25.3. The quantitative estimate of drug-likeness (QED) is 0.187. The fourth-order valence-electron chi connectivity index (χ4n) is 9.30. The average Bonchev–Trinajstić information content (AvgIpc) is 3.95. The summed E-state index contributed by atoms with van der Waals surface area (Å²) in [6, 6.07) is 51.5. The van der Waals surface area contributed by atoms with Crippen molar-refractivity contribution >= 4 is 43.7 Å². The first-order valence-electron chi connectivity index (χ1n) is 17.3. The highest BCUT2D eigenvalue weighted by Crippen LogP contribution is 2.65. The molecular formula is C46H26N4O. The van der Waals surface area contributed by atoms with Crippen LogP contribution in [0.4, 0.5) is 0 Å². The fourth-order valence-corrected chi connectivity index (χ4v) is 9.30. The molecule has 2 aliphatic carbocycles. The van der Waals surface area contributed by atoms with Crippen molar-refractivity contribution in [2.24, 2.45) is 0 Å². The van der Waals surface area contributed by atoms with Crippen molar-refractivity contribution in [3.8, 4) is 39.6 Å². The van der Waals surface area contributed by atoms with Crippen molar-refractivity contribution in [2.45, 2.75) is 5.41 Å². The van der Waals surface area contributed by atoms with Crippen molar-refractivity contribution in [1.29, 1.82) is 0 Å². The second kappa shape index (κ2) is 9.65. The summed E-state index contributed by atoms with van der Waals surface area (Å²) in [5.74, 6) is 0.627. The fraction of sp³-hybridized carbons (Fsp3) is 0.0217. The van der Waals surface area contributed by atoms with Crippen LogP contribution in [0.5, 0.6) is 0 Å². The Kier molecular flexibility index (Phi) is 5.11. The molecule has 0 saturated carbocycles. The zero-order chi connectivity index (χ0) is 33.3. The van der Waals surface area contributed by atoms with Gasteiger partial charge in [-0.3, -0.25) is 9.55 Å². The number of pyridine rings is 1. The van der Waals surface area contributed by atoms with E-state index in [-0.39, 0.29) is 0 Å². The lowest BCUT2D eigenvalue weighted by molar-refractivity contribution is 0.616. The summed E-state index contributed by atoms with van der Waals surface area (Å²) in [6.45, 7) is 0. The normalized spacial score (nSPS) is 13.6. The SMILES string of the molecule is c1ccc(-c2nc(-n3c4ccccc4c4c5ccoc5c5c(c43)C3(c4ccccc4-c4ccccc43)c3cccnc3-5)nc3ccccc23)cc1. The van der Waals surface area contributed by atoms with E-state index in [2.05, 4.69) is 144 Å². The van der Waals surface area contributed by atoms with Gasteiger partial charge in [-0.15, -0.1) is 0 Å². The lowest BCUT2D eigenvalue weighted by Crippen LogP contribution is -2.27. The molecule has 236 valence electrons. The molecule has 1 spiro atoms. The molecule has 4 aromatic heterocycles. The van der Waals surface area contributed by atoms with Gasteiger partial charge in [0.05, 0.1) is 45.2 Å². The van der Waals surface area contributed by atoms with Crippen molar-refractivity contribution in [1.82, 2.24) is 19.5 Å². The number of nitrogens with zero attached hydrogens (tertiary/aromatic N) is 4. The average molecular weight is 651 g/mol. The molecule has 0 aliphatic heterocycles. The molecule has 51 heavy (non-hydrogen) atoms. The summed E-state index contributed by atoms with van der Waals surface area (Å²) in [5, 5.41) is 4.32. The third-order valence-corrected chi connectivity index (χ3v) is 11.1. The van der Waals surface area contributed by atoms with Crippen LogP contribution < -0.4 is 0 Å². The van der Waals surface area contributed by atoms with E-state index in [1.54, 1.807) is 0 Å². The minimum atomic E-state index is -0.656. The van der Waals surface area contributed by atoms with E-state index in [4.69, 9.17) is 19.4 Å². The summed E-state index contributed by atoms with van der Waals surface area (Å²) < 4.78 is 8.83. The number of aromatic nitrogens is 4. The summed E-state index contributed by atoms with van der Waals surface area (Å²) in [7, 11) is 0. The Morgan fingerprint density at radius 2 is 1.24 bits per heavy atom. The Morgan fingerprint density at radius 3 is 2.06 bits per heavy atom. The molecule has 0 saturated heterocycles. The summed E-state index contributed by atoms with van der Waals surface area (Å²) >= 11 is 0. The molecule has 2 aliphatic rings. The number of furan rings is 1. The van der Waals surface area contributed by atoms with Gasteiger partial charge < -0.3 is 4.42 Å². The molecule has 0 amide bonds. The van der Waals surface area contributed by atoms with E-state index < -0.39 is 5.41 Å². The molecule has 6 aromatic carbocycles. The minimum Gasteiger partial charge on any atom is -0.464 e. The predicted octanol–water partition coefficient (Wildman–Crippen LogP) is 10.9. The van der Waals surface area contributed by atoms with Gasteiger partial charge in [0, 0.05) is 38.9 Å². The van der Waals surface area contributed by atoms with E-state index in [9.17, 15) is 0 Å². The molecule has 0 atom stereocenters. The number of rotatable bonds is 2. The van der Waals surface area contributed by atoms with Crippen LogP contribution in [-0.2, 0) is 5.41 Å².